The number of aryl methyl sites for hydroxylation is 1. The van der Waals surface area contributed by atoms with Crippen molar-refractivity contribution >= 4 is 11.6 Å². The van der Waals surface area contributed by atoms with Crippen molar-refractivity contribution in [1.29, 1.82) is 0 Å². The summed E-state index contributed by atoms with van der Waals surface area (Å²) in [5.41, 5.74) is 1.54. The largest absolute Gasteiger partial charge is 0.471 e. The van der Waals surface area contributed by atoms with Gasteiger partial charge in [0, 0.05) is 5.69 Å². The second kappa shape index (κ2) is 4.03. The van der Waals surface area contributed by atoms with Gasteiger partial charge in [-0.15, -0.1) is 0 Å². The minimum Gasteiger partial charge on any atom is -0.388 e. The van der Waals surface area contributed by atoms with E-state index in [1.54, 1.807) is 11.4 Å². The zero-order chi connectivity index (χ0) is 12.6. The molecule has 2 N–H and O–H groups in total. The minimum atomic E-state index is -4.91. The number of carbonyl (C=O) groups excluding carboxylic acids is 1. The van der Waals surface area contributed by atoms with E-state index >= 15 is 0 Å². The Bertz CT molecular complexity index is 457. The van der Waals surface area contributed by atoms with Gasteiger partial charge in [0.1, 0.15) is 0 Å². The van der Waals surface area contributed by atoms with Gasteiger partial charge < -0.3 is 10.4 Å². The highest BCUT2D eigenvalue weighted by molar-refractivity contribution is 5.95. The number of fused-ring (bicyclic) bond motifs is 1. The number of halogens is 3. The smallest absolute Gasteiger partial charge is 0.388 e. The number of carbonyl (C=O) groups is 1. The summed E-state index contributed by atoms with van der Waals surface area (Å²) in [5.74, 6) is -2.01. The van der Waals surface area contributed by atoms with Gasteiger partial charge in [-0.25, -0.2) is 0 Å². The van der Waals surface area contributed by atoms with Crippen LogP contribution in [0.2, 0.25) is 0 Å². The van der Waals surface area contributed by atoms with Crippen LogP contribution in [0.5, 0.6) is 0 Å². The summed E-state index contributed by atoms with van der Waals surface area (Å²) in [4.78, 5) is 10.7. The Morgan fingerprint density at radius 3 is 2.76 bits per heavy atom. The molecule has 92 valence electrons. The molecule has 0 bridgehead atoms. The first kappa shape index (κ1) is 11.9. The van der Waals surface area contributed by atoms with Crippen LogP contribution in [-0.4, -0.2) is 17.2 Å². The lowest BCUT2D eigenvalue weighted by Crippen LogP contribution is -2.29. The van der Waals surface area contributed by atoms with Crippen LogP contribution >= 0.6 is 0 Å². The highest BCUT2D eigenvalue weighted by Crippen LogP contribution is 2.33. The van der Waals surface area contributed by atoms with Crippen molar-refractivity contribution in [1.82, 2.24) is 0 Å². The predicted molar refractivity (Wildman–Crippen MR) is 54.4 cm³/mol. The molecule has 2 rings (SSSR count). The maximum absolute atomic E-state index is 12.0. The summed E-state index contributed by atoms with van der Waals surface area (Å²) in [6.45, 7) is 0. The van der Waals surface area contributed by atoms with Crippen LogP contribution in [0.1, 0.15) is 23.7 Å². The van der Waals surface area contributed by atoms with E-state index in [0.29, 0.717) is 18.4 Å². The van der Waals surface area contributed by atoms with Crippen molar-refractivity contribution in [3.63, 3.8) is 0 Å². The molecule has 0 spiro atoms. The van der Waals surface area contributed by atoms with Gasteiger partial charge in [0.2, 0.25) is 0 Å². The van der Waals surface area contributed by atoms with Crippen molar-refractivity contribution in [3.05, 3.63) is 29.3 Å². The van der Waals surface area contributed by atoms with Crippen LogP contribution in [0, 0.1) is 0 Å². The van der Waals surface area contributed by atoms with Crippen molar-refractivity contribution in [2.45, 2.75) is 25.1 Å². The number of amides is 1. The van der Waals surface area contributed by atoms with Gasteiger partial charge in [-0.05, 0) is 36.1 Å². The summed E-state index contributed by atoms with van der Waals surface area (Å²) in [6, 6.07) is 4.41. The van der Waals surface area contributed by atoms with Crippen molar-refractivity contribution < 1.29 is 23.1 Å². The van der Waals surface area contributed by atoms with Crippen LogP contribution in [0.4, 0.5) is 18.9 Å². The Kier molecular flexibility index (Phi) is 2.82. The second-order valence-corrected chi connectivity index (χ2v) is 3.92. The Balaban J connectivity index is 2.19. The number of anilines is 1. The first-order valence-corrected chi connectivity index (χ1v) is 5.07. The van der Waals surface area contributed by atoms with Crippen LogP contribution in [-0.2, 0) is 11.2 Å². The van der Waals surface area contributed by atoms with Gasteiger partial charge >= 0.3 is 12.1 Å². The maximum Gasteiger partial charge on any atom is 0.471 e. The maximum atomic E-state index is 12.0. The van der Waals surface area contributed by atoms with Gasteiger partial charge in [0.15, 0.2) is 0 Å². The third-order valence-corrected chi connectivity index (χ3v) is 2.71. The first-order chi connectivity index (χ1) is 7.88. The Labute approximate surface area is 95.3 Å². The van der Waals surface area contributed by atoms with E-state index in [-0.39, 0.29) is 5.69 Å². The molecule has 1 aliphatic rings. The molecule has 1 unspecified atom stereocenters. The van der Waals surface area contributed by atoms with E-state index in [9.17, 15) is 23.1 Å². The fraction of sp³-hybridized carbons (Fsp3) is 0.364. The molecule has 0 radical (unpaired) electrons. The molecule has 1 amide bonds. The SMILES string of the molecule is O=C(Nc1ccc2c(c1)C(O)CC2)C(F)(F)F. The number of rotatable bonds is 1. The molecule has 0 saturated heterocycles. The number of benzene rings is 1. The molecule has 0 aromatic heterocycles. The fourth-order valence-corrected chi connectivity index (χ4v) is 1.86. The molecule has 3 nitrogen and oxygen atoms in total. The summed E-state index contributed by atoms with van der Waals surface area (Å²) in [6.07, 6.45) is -4.30. The van der Waals surface area contributed by atoms with Crippen molar-refractivity contribution in [3.8, 4) is 0 Å². The minimum absolute atomic E-state index is 0.0482. The normalized spacial score (nSPS) is 18.9. The van der Waals surface area contributed by atoms with Crippen molar-refractivity contribution in [2.75, 3.05) is 5.32 Å². The highest BCUT2D eigenvalue weighted by atomic mass is 19.4. The molecule has 17 heavy (non-hydrogen) atoms. The van der Waals surface area contributed by atoms with E-state index in [2.05, 4.69) is 0 Å². The van der Waals surface area contributed by atoms with E-state index in [1.165, 1.54) is 12.1 Å². The second-order valence-electron chi connectivity index (χ2n) is 3.92. The van der Waals surface area contributed by atoms with Gasteiger partial charge in [0.25, 0.3) is 0 Å². The fourth-order valence-electron chi connectivity index (χ4n) is 1.86. The summed E-state index contributed by atoms with van der Waals surface area (Å²) >= 11 is 0. The molecule has 0 aliphatic heterocycles. The predicted octanol–water partition coefficient (Wildman–Crippen LogP) is 2.17. The number of nitrogens with one attached hydrogen (secondary N) is 1. The Morgan fingerprint density at radius 1 is 1.41 bits per heavy atom. The topological polar surface area (TPSA) is 49.3 Å². The third-order valence-electron chi connectivity index (χ3n) is 2.71. The van der Waals surface area contributed by atoms with Crippen LogP contribution < -0.4 is 5.32 Å². The van der Waals surface area contributed by atoms with Crippen LogP contribution in [0.25, 0.3) is 0 Å². The highest BCUT2D eigenvalue weighted by Gasteiger charge is 2.38. The van der Waals surface area contributed by atoms with Crippen LogP contribution in [0.15, 0.2) is 18.2 Å². The average Bonchev–Trinajstić information content (AvgIpc) is 2.59. The van der Waals surface area contributed by atoms with Crippen molar-refractivity contribution in [2.24, 2.45) is 0 Å². The number of aliphatic hydroxyl groups excluding tert-OH is 1. The Morgan fingerprint density at radius 2 is 2.12 bits per heavy atom. The molecule has 1 aliphatic carbocycles. The lowest BCUT2D eigenvalue weighted by molar-refractivity contribution is -0.167. The van der Waals surface area contributed by atoms with E-state index in [1.807, 2.05) is 0 Å². The lowest BCUT2D eigenvalue weighted by Gasteiger charge is -2.10. The molecule has 1 aromatic carbocycles. The lowest BCUT2D eigenvalue weighted by atomic mass is 10.1. The summed E-state index contributed by atoms with van der Waals surface area (Å²) in [5, 5.41) is 11.3. The Hall–Kier alpha value is -1.56. The molecule has 1 aromatic rings. The average molecular weight is 245 g/mol. The van der Waals surface area contributed by atoms with Gasteiger partial charge in [-0.1, -0.05) is 6.07 Å². The summed E-state index contributed by atoms with van der Waals surface area (Å²) in [7, 11) is 0. The summed E-state index contributed by atoms with van der Waals surface area (Å²) < 4.78 is 36.1. The first-order valence-electron chi connectivity index (χ1n) is 5.07. The quantitative estimate of drug-likeness (QED) is 0.796. The van der Waals surface area contributed by atoms with E-state index in [0.717, 1.165) is 5.56 Å². The number of alkyl halides is 3. The molecular weight excluding hydrogens is 235 g/mol. The van der Waals surface area contributed by atoms with E-state index in [4.69, 9.17) is 0 Å². The molecule has 0 heterocycles. The van der Waals surface area contributed by atoms with Crippen LogP contribution in [0.3, 0.4) is 0 Å². The standard InChI is InChI=1S/C11H10F3NO2/c12-11(13,14)10(17)15-7-3-1-6-2-4-9(16)8(6)5-7/h1,3,5,9,16H,2,4H2,(H,15,17). The third kappa shape index (κ3) is 2.41. The van der Waals surface area contributed by atoms with E-state index < -0.39 is 18.2 Å². The van der Waals surface area contributed by atoms with Gasteiger partial charge in [-0.2, -0.15) is 13.2 Å². The molecular formula is C11H10F3NO2. The monoisotopic (exact) mass is 245 g/mol. The zero-order valence-electron chi connectivity index (χ0n) is 8.71. The molecule has 0 fully saturated rings. The number of hydrogen-bond donors (Lipinski definition) is 2. The number of hydrogen-bond acceptors (Lipinski definition) is 2. The zero-order valence-corrected chi connectivity index (χ0v) is 8.71. The number of aliphatic hydroxyl groups is 1. The molecule has 6 heteroatoms. The molecule has 0 saturated carbocycles. The van der Waals surface area contributed by atoms with Gasteiger partial charge in [-0.3, -0.25) is 4.79 Å². The molecule has 1 atom stereocenters. The van der Waals surface area contributed by atoms with Gasteiger partial charge in [0.05, 0.1) is 6.10 Å².